The SMILES string of the molecule is CCOC(=O)N1CCN(c2nc(-c3ccccc3Cl)nc3cc(C(=O)N(CC)CC)ccc23)CC1. The van der Waals surface area contributed by atoms with Gasteiger partial charge in [0.2, 0.25) is 0 Å². The molecule has 4 rings (SSSR count). The summed E-state index contributed by atoms with van der Waals surface area (Å²) < 4.78 is 5.15. The van der Waals surface area contributed by atoms with Crippen LogP contribution in [0.15, 0.2) is 42.5 Å². The third kappa shape index (κ3) is 5.17. The second-order valence-corrected chi connectivity index (χ2v) is 8.64. The van der Waals surface area contributed by atoms with E-state index >= 15 is 0 Å². The van der Waals surface area contributed by atoms with Crippen LogP contribution >= 0.6 is 11.6 Å². The van der Waals surface area contributed by atoms with Crippen LogP contribution in [-0.2, 0) is 4.74 Å². The first-order chi connectivity index (χ1) is 17.0. The largest absolute Gasteiger partial charge is 0.450 e. The van der Waals surface area contributed by atoms with Crippen molar-refractivity contribution in [2.24, 2.45) is 0 Å². The van der Waals surface area contributed by atoms with E-state index in [1.165, 1.54) is 0 Å². The molecule has 1 aliphatic heterocycles. The second kappa shape index (κ2) is 10.9. The van der Waals surface area contributed by atoms with Crippen molar-refractivity contribution < 1.29 is 14.3 Å². The Morgan fingerprint density at radius 2 is 1.71 bits per heavy atom. The molecule has 1 aliphatic rings. The maximum atomic E-state index is 13.0. The zero-order valence-corrected chi connectivity index (χ0v) is 21.1. The van der Waals surface area contributed by atoms with Gasteiger partial charge in [-0.1, -0.05) is 23.7 Å². The molecular weight excluding hydrogens is 466 g/mol. The van der Waals surface area contributed by atoms with Gasteiger partial charge in [0.1, 0.15) is 5.82 Å². The van der Waals surface area contributed by atoms with Crippen LogP contribution in [-0.4, -0.2) is 77.6 Å². The summed E-state index contributed by atoms with van der Waals surface area (Å²) in [4.78, 5) is 40.5. The maximum absolute atomic E-state index is 13.0. The fourth-order valence-corrected chi connectivity index (χ4v) is 4.48. The summed E-state index contributed by atoms with van der Waals surface area (Å²) in [6, 6.07) is 13.0. The number of carbonyl (C=O) groups excluding carboxylic acids is 2. The van der Waals surface area contributed by atoms with E-state index in [0.717, 1.165) is 16.8 Å². The fourth-order valence-electron chi connectivity index (χ4n) is 4.26. The standard InChI is InChI=1S/C26H30ClN5O3/c1-4-30(5-2)25(33)18-11-12-20-22(17-18)28-23(19-9-7-8-10-21(19)27)29-24(20)31-13-15-32(16-14-31)26(34)35-6-3/h7-12,17H,4-6,13-16H2,1-3H3. The number of hydrogen-bond donors (Lipinski definition) is 0. The fraction of sp³-hybridized carbons (Fsp3) is 0.385. The van der Waals surface area contributed by atoms with Gasteiger partial charge in [-0.15, -0.1) is 0 Å². The molecule has 1 aromatic heterocycles. The first-order valence-electron chi connectivity index (χ1n) is 12.0. The molecule has 8 nitrogen and oxygen atoms in total. The smallest absolute Gasteiger partial charge is 0.409 e. The van der Waals surface area contributed by atoms with Gasteiger partial charge in [-0.2, -0.15) is 0 Å². The summed E-state index contributed by atoms with van der Waals surface area (Å²) in [7, 11) is 0. The van der Waals surface area contributed by atoms with Gasteiger partial charge in [-0.25, -0.2) is 14.8 Å². The highest BCUT2D eigenvalue weighted by molar-refractivity contribution is 6.33. The molecule has 1 fully saturated rings. The van der Waals surface area contributed by atoms with Crippen LogP contribution in [0.5, 0.6) is 0 Å². The lowest BCUT2D eigenvalue weighted by Crippen LogP contribution is -2.49. The molecule has 0 bridgehead atoms. The van der Waals surface area contributed by atoms with Gasteiger partial charge in [-0.05, 0) is 51.1 Å². The van der Waals surface area contributed by atoms with Gasteiger partial charge in [0, 0.05) is 55.8 Å². The monoisotopic (exact) mass is 495 g/mol. The summed E-state index contributed by atoms with van der Waals surface area (Å²) in [5.74, 6) is 1.23. The zero-order valence-electron chi connectivity index (χ0n) is 20.3. The lowest BCUT2D eigenvalue weighted by atomic mass is 10.1. The molecular formula is C26H30ClN5O3. The van der Waals surface area contributed by atoms with E-state index in [-0.39, 0.29) is 12.0 Å². The molecule has 2 aromatic carbocycles. The molecule has 0 radical (unpaired) electrons. The Balaban J connectivity index is 1.76. The molecule has 1 saturated heterocycles. The van der Waals surface area contributed by atoms with E-state index < -0.39 is 0 Å². The summed E-state index contributed by atoms with van der Waals surface area (Å²) in [6.07, 6.45) is -0.295. The molecule has 2 heterocycles. The zero-order chi connectivity index (χ0) is 24.9. The molecule has 0 unspecified atom stereocenters. The Morgan fingerprint density at radius 1 is 1.00 bits per heavy atom. The van der Waals surface area contributed by atoms with E-state index in [4.69, 9.17) is 26.3 Å². The van der Waals surface area contributed by atoms with Crippen LogP contribution in [0.25, 0.3) is 22.3 Å². The van der Waals surface area contributed by atoms with Crippen molar-refractivity contribution in [3.05, 3.63) is 53.1 Å². The average molecular weight is 496 g/mol. The van der Waals surface area contributed by atoms with Crippen LogP contribution in [0.2, 0.25) is 5.02 Å². The quantitative estimate of drug-likeness (QED) is 0.492. The van der Waals surface area contributed by atoms with Crippen LogP contribution in [0, 0.1) is 0 Å². The Morgan fingerprint density at radius 3 is 2.37 bits per heavy atom. The first-order valence-corrected chi connectivity index (χ1v) is 12.4. The molecule has 184 valence electrons. The summed E-state index contributed by atoms with van der Waals surface area (Å²) in [5.41, 5.74) is 1.99. The van der Waals surface area contributed by atoms with E-state index in [1.54, 1.807) is 16.7 Å². The van der Waals surface area contributed by atoms with Crippen molar-refractivity contribution in [1.29, 1.82) is 0 Å². The van der Waals surface area contributed by atoms with E-state index in [0.29, 0.717) is 67.8 Å². The van der Waals surface area contributed by atoms with Crippen LogP contribution < -0.4 is 4.90 Å². The molecule has 0 aliphatic carbocycles. The molecule has 0 saturated carbocycles. The minimum atomic E-state index is -0.295. The number of amides is 2. The van der Waals surface area contributed by atoms with Crippen molar-refractivity contribution in [2.45, 2.75) is 20.8 Å². The number of piperazine rings is 1. The number of anilines is 1. The van der Waals surface area contributed by atoms with E-state index in [2.05, 4.69) is 4.90 Å². The first kappa shape index (κ1) is 24.7. The van der Waals surface area contributed by atoms with Gasteiger partial charge in [0.05, 0.1) is 17.1 Å². The second-order valence-electron chi connectivity index (χ2n) is 8.23. The van der Waals surface area contributed by atoms with Gasteiger partial charge < -0.3 is 19.4 Å². The van der Waals surface area contributed by atoms with Crippen molar-refractivity contribution in [3.8, 4) is 11.4 Å². The number of rotatable bonds is 6. The summed E-state index contributed by atoms with van der Waals surface area (Å²) in [6.45, 7) is 9.63. The normalized spacial score (nSPS) is 13.7. The van der Waals surface area contributed by atoms with Gasteiger partial charge in [0.25, 0.3) is 5.91 Å². The predicted molar refractivity (Wildman–Crippen MR) is 138 cm³/mol. The lowest BCUT2D eigenvalue weighted by molar-refractivity contribution is 0.0773. The molecule has 0 spiro atoms. The number of carbonyl (C=O) groups is 2. The minimum absolute atomic E-state index is 0.0283. The highest BCUT2D eigenvalue weighted by atomic mass is 35.5. The molecule has 3 aromatic rings. The number of nitrogens with zero attached hydrogens (tertiary/aromatic N) is 5. The Kier molecular flexibility index (Phi) is 7.70. The molecule has 0 atom stereocenters. The van der Waals surface area contributed by atoms with Crippen LogP contribution in [0.1, 0.15) is 31.1 Å². The maximum Gasteiger partial charge on any atom is 0.409 e. The number of hydrogen-bond acceptors (Lipinski definition) is 6. The minimum Gasteiger partial charge on any atom is -0.450 e. The van der Waals surface area contributed by atoms with E-state index in [1.807, 2.05) is 56.3 Å². The summed E-state index contributed by atoms with van der Waals surface area (Å²) >= 11 is 6.48. The highest BCUT2D eigenvalue weighted by Gasteiger charge is 2.25. The van der Waals surface area contributed by atoms with Crippen molar-refractivity contribution in [3.63, 3.8) is 0 Å². The Labute approximate surface area is 210 Å². The third-order valence-electron chi connectivity index (χ3n) is 6.19. The Bertz CT molecular complexity index is 1220. The van der Waals surface area contributed by atoms with Crippen molar-refractivity contribution in [2.75, 3.05) is 50.8 Å². The van der Waals surface area contributed by atoms with Gasteiger partial charge in [0.15, 0.2) is 5.82 Å². The van der Waals surface area contributed by atoms with Crippen molar-refractivity contribution >= 4 is 40.3 Å². The van der Waals surface area contributed by atoms with Gasteiger partial charge >= 0.3 is 6.09 Å². The number of fused-ring (bicyclic) bond motifs is 1. The molecule has 35 heavy (non-hydrogen) atoms. The van der Waals surface area contributed by atoms with Crippen molar-refractivity contribution in [1.82, 2.24) is 19.8 Å². The van der Waals surface area contributed by atoms with Crippen LogP contribution in [0.4, 0.5) is 10.6 Å². The predicted octanol–water partition coefficient (Wildman–Crippen LogP) is 4.71. The molecule has 2 amide bonds. The van der Waals surface area contributed by atoms with Gasteiger partial charge in [-0.3, -0.25) is 4.79 Å². The Hall–Kier alpha value is -3.39. The topological polar surface area (TPSA) is 78.9 Å². The number of aromatic nitrogens is 2. The lowest BCUT2D eigenvalue weighted by Gasteiger charge is -2.35. The molecule has 0 N–H and O–H groups in total. The van der Waals surface area contributed by atoms with Crippen LogP contribution in [0.3, 0.4) is 0 Å². The highest BCUT2D eigenvalue weighted by Crippen LogP contribution is 2.32. The molecule has 9 heteroatoms. The third-order valence-corrected chi connectivity index (χ3v) is 6.52. The number of benzene rings is 2. The summed E-state index contributed by atoms with van der Waals surface area (Å²) in [5, 5.41) is 1.40. The number of halogens is 1. The average Bonchev–Trinajstić information content (AvgIpc) is 2.89. The van der Waals surface area contributed by atoms with E-state index in [9.17, 15) is 9.59 Å². The number of ether oxygens (including phenoxy) is 1.